The number of aliphatic hydroxyl groups is 2. The second kappa shape index (κ2) is 18.1. The highest BCUT2D eigenvalue weighted by molar-refractivity contribution is 5.89. The van der Waals surface area contributed by atoms with Gasteiger partial charge in [-0.1, -0.05) is 27.7 Å². The Hall–Kier alpha value is -1.33. The summed E-state index contributed by atoms with van der Waals surface area (Å²) in [6.07, 6.45) is -7.46. The molecule has 4 unspecified atom stereocenters. The van der Waals surface area contributed by atoms with E-state index in [-0.39, 0.29) is 30.6 Å². The number of alkyl halides is 1. The first-order valence-electron chi connectivity index (χ1n) is 19.6. The van der Waals surface area contributed by atoms with Gasteiger partial charge in [0.15, 0.2) is 24.0 Å². The third kappa shape index (κ3) is 9.67. The number of esters is 1. The van der Waals surface area contributed by atoms with Crippen LogP contribution in [-0.2, 0) is 47.5 Å². The van der Waals surface area contributed by atoms with Gasteiger partial charge in [0.2, 0.25) is 0 Å². The average molecular weight is 778 g/mol. The molecule has 0 aromatic carbocycles. The van der Waals surface area contributed by atoms with Crippen molar-refractivity contribution in [2.75, 3.05) is 35.4 Å². The van der Waals surface area contributed by atoms with Crippen molar-refractivity contribution < 1.29 is 62.1 Å². The van der Waals surface area contributed by atoms with Crippen molar-refractivity contribution in [1.29, 1.82) is 0 Å². The van der Waals surface area contributed by atoms with Gasteiger partial charge in [0.05, 0.1) is 47.6 Å². The summed E-state index contributed by atoms with van der Waals surface area (Å²) in [6.45, 7) is 18.5. The number of hydrogen-bond acceptors (Lipinski definition) is 13. The summed E-state index contributed by atoms with van der Waals surface area (Å²) in [5.74, 6) is -4.83. The minimum atomic E-state index is -2.58. The minimum absolute atomic E-state index is 0.0150. The average Bonchev–Trinajstić information content (AvgIpc) is 3.11. The van der Waals surface area contributed by atoms with Crippen LogP contribution in [0.4, 0.5) is 4.39 Å². The maximum absolute atomic E-state index is 17.1. The summed E-state index contributed by atoms with van der Waals surface area (Å²) in [6, 6.07) is -0.104. The van der Waals surface area contributed by atoms with Crippen LogP contribution in [0, 0.1) is 23.7 Å². The van der Waals surface area contributed by atoms with Crippen molar-refractivity contribution >= 4 is 11.8 Å². The van der Waals surface area contributed by atoms with E-state index >= 15 is 4.39 Å². The van der Waals surface area contributed by atoms with Gasteiger partial charge < -0.3 is 53.0 Å². The molecule has 13 nitrogen and oxygen atoms in total. The maximum Gasteiger partial charge on any atom is 0.311 e. The molecule has 0 saturated carbocycles. The lowest BCUT2D eigenvalue weighted by atomic mass is 9.72. The third-order valence-corrected chi connectivity index (χ3v) is 13.1. The number of Topliss-reactive ketones (excluding diaryl/α,β-unsaturated/α-hetero) is 1. The number of nitrogens with zero attached hydrogens (tertiary/aromatic N) is 1. The molecule has 0 spiro atoms. The van der Waals surface area contributed by atoms with Gasteiger partial charge in [0, 0.05) is 58.0 Å². The zero-order valence-electron chi connectivity index (χ0n) is 35.7. The molecule has 3 aliphatic heterocycles. The van der Waals surface area contributed by atoms with Gasteiger partial charge in [-0.3, -0.25) is 9.59 Å². The largest absolute Gasteiger partial charge is 0.459 e. The van der Waals surface area contributed by atoms with Crippen LogP contribution in [-0.4, -0.2) is 146 Å². The van der Waals surface area contributed by atoms with E-state index in [1.165, 1.54) is 21.0 Å². The normalized spacial score (nSPS) is 49.0. The third-order valence-electron chi connectivity index (χ3n) is 13.1. The van der Waals surface area contributed by atoms with Gasteiger partial charge in [-0.05, 0) is 75.4 Å². The molecule has 3 fully saturated rings. The molecule has 14 heteroatoms. The van der Waals surface area contributed by atoms with Crippen LogP contribution in [0.25, 0.3) is 0 Å². The number of carbonyl (C=O) groups is 2. The van der Waals surface area contributed by atoms with Crippen molar-refractivity contribution in [3.8, 4) is 0 Å². The summed E-state index contributed by atoms with van der Waals surface area (Å²) < 4.78 is 67.8. The number of carbonyl (C=O) groups excluding carboxylic acids is 2. The quantitative estimate of drug-likeness (QED) is 0.318. The van der Waals surface area contributed by atoms with E-state index < -0.39 is 101 Å². The molecule has 0 aromatic rings. The Morgan fingerprint density at radius 1 is 0.889 bits per heavy atom. The molecule has 18 atom stereocenters. The van der Waals surface area contributed by atoms with Crippen molar-refractivity contribution in [2.24, 2.45) is 23.7 Å². The molecule has 3 rings (SSSR count). The van der Waals surface area contributed by atoms with E-state index in [2.05, 4.69) is 0 Å². The zero-order chi connectivity index (χ0) is 41.3. The Morgan fingerprint density at radius 2 is 1.48 bits per heavy atom. The highest BCUT2D eigenvalue weighted by Gasteiger charge is 2.56. The fraction of sp³-hybridized carbons (Fsp3) is 0.950. The number of likely N-dealkylation sites (N-methyl/N-ethyl adjacent to an activating group) is 1. The number of ketones is 1. The Labute approximate surface area is 323 Å². The summed E-state index contributed by atoms with van der Waals surface area (Å²) in [5.41, 5.74) is -6.89. The molecule has 3 saturated heterocycles. The van der Waals surface area contributed by atoms with Crippen LogP contribution in [0.15, 0.2) is 0 Å². The van der Waals surface area contributed by atoms with E-state index in [4.69, 9.17) is 37.9 Å². The smallest absolute Gasteiger partial charge is 0.311 e. The van der Waals surface area contributed by atoms with Crippen molar-refractivity contribution in [2.45, 2.75) is 186 Å². The van der Waals surface area contributed by atoms with Crippen molar-refractivity contribution in [1.82, 2.24) is 4.90 Å². The van der Waals surface area contributed by atoms with Crippen LogP contribution in [0.5, 0.6) is 0 Å². The molecule has 2 N–H and O–H groups in total. The van der Waals surface area contributed by atoms with Gasteiger partial charge in [0.1, 0.15) is 17.8 Å². The first-order chi connectivity index (χ1) is 24.8. The molecular weight excluding hydrogens is 705 g/mol. The predicted molar refractivity (Wildman–Crippen MR) is 199 cm³/mol. The van der Waals surface area contributed by atoms with Gasteiger partial charge in [-0.15, -0.1) is 0 Å². The van der Waals surface area contributed by atoms with Crippen LogP contribution in [0.2, 0.25) is 0 Å². The number of hydrogen-bond donors (Lipinski definition) is 2. The Morgan fingerprint density at radius 3 is 2.00 bits per heavy atom. The lowest BCUT2D eigenvalue weighted by Gasteiger charge is -2.50. The fourth-order valence-electron chi connectivity index (χ4n) is 9.03. The molecule has 316 valence electrons. The van der Waals surface area contributed by atoms with Crippen molar-refractivity contribution in [3.63, 3.8) is 0 Å². The lowest BCUT2D eigenvalue weighted by Crippen LogP contribution is -2.62. The molecular formula is C40H72FNO12. The lowest BCUT2D eigenvalue weighted by molar-refractivity contribution is -0.318. The molecule has 0 amide bonds. The number of aliphatic hydroxyl groups excluding tert-OH is 1. The minimum Gasteiger partial charge on any atom is -0.459 e. The molecule has 54 heavy (non-hydrogen) atoms. The Balaban J connectivity index is 2.28. The molecule has 3 heterocycles. The standard InChI is InChI=1S/C40H72FNO12/c1-17-28-40(11,46)33(44)24(5)32(43)37(8,41)20-39(10,49-16)34(54-36-31(47-14)27(42(12)13)18-21(2)50-36)22(3)30(23(4)35(45)52-28)53-29-19-38(9,48-15)25(6)26(7)51-29/h21-31,33-34,36,44,46H,17-20H2,1-16H3/t21-,22+,23?,24+,25+,26+,27+,28-,29?,30?,31-,33-,34-,36+,37?,38-,39-,40-/m1/s1. The van der Waals surface area contributed by atoms with E-state index in [0.717, 1.165) is 6.92 Å². The number of methoxy groups -OCH3 is 3. The maximum atomic E-state index is 17.1. The SMILES string of the molecule is CC[C@H]1OC(=O)C(C)C(OC2C[C@@](C)(OC)[C@@H](C)[C@H](C)O2)[C@H](C)[C@@H](O[C@@H]2O[C@H](C)C[C@H](N(C)C)[C@H]2OC)[C@](C)(OC)CC(C)(F)C(=O)[C@H](C)[C@@H](O)[C@]1(C)O. The van der Waals surface area contributed by atoms with E-state index in [0.29, 0.717) is 12.8 Å². The van der Waals surface area contributed by atoms with E-state index in [1.807, 2.05) is 53.6 Å². The molecule has 0 bridgehead atoms. The second-order valence-electron chi connectivity index (χ2n) is 17.4. The monoisotopic (exact) mass is 778 g/mol. The number of ether oxygens (including phenoxy) is 8. The molecule has 0 radical (unpaired) electrons. The Bertz CT molecular complexity index is 1250. The fourth-order valence-corrected chi connectivity index (χ4v) is 9.03. The molecule has 0 aromatic heterocycles. The van der Waals surface area contributed by atoms with Crippen LogP contribution < -0.4 is 0 Å². The van der Waals surface area contributed by atoms with Crippen LogP contribution in [0.1, 0.15) is 102 Å². The first kappa shape index (κ1) is 47.0. The second-order valence-corrected chi connectivity index (χ2v) is 17.4. The summed E-state index contributed by atoms with van der Waals surface area (Å²) in [7, 11) is 8.52. The number of halogens is 1. The zero-order valence-corrected chi connectivity index (χ0v) is 35.7. The highest BCUT2D eigenvalue weighted by atomic mass is 19.1. The summed E-state index contributed by atoms with van der Waals surface area (Å²) in [5, 5.41) is 23.1. The molecule has 3 aliphatic rings. The Kier molecular flexibility index (Phi) is 15.7. The highest BCUT2D eigenvalue weighted by Crippen LogP contribution is 2.44. The van der Waals surface area contributed by atoms with E-state index in [1.54, 1.807) is 35.0 Å². The van der Waals surface area contributed by atoms with Crippen LogP contribution in [0.3, 0.4) is 0 Å². The van der Waals surface area contributed by atoms with Crippen LogP contribution >= 0.6 is 0 Å². The summed E-state index contributed by atoms with van der Waals surface area (Å²) >= 11 is 0. The van der Waals surface area contributed by atoms with Gasteiger partial charge in [0.25, 0.3) is 0 Å². The summed E-state index contributed by atoms with van der Waals surface area (Å²) in [4.78, 5) is 30.3. The van der Waals surface area contributed by atoms with Gasteiger partial charge in [-0.2, -0.15) is 0 Å². The topological polar surface area (TPSA) is 152 Å². The first-order valence-corrected chi connectivity index (χ1v) is 19.6. The number of cyclic esters (lactones) is 1. The predicted octanol–water partition coefficient (Wildman–Crippen LogP) is 4.46. The number of rotatable bonds is 9. The van der Waals surface area contributed by atoms with Gasteiger partial charge in [-0.25, -0.2) is 4.39 Å². The van der Waals surface area contributed by atoms with E-state index in [9.17, 15) is 19.8 Å². The molecule has 0 aliphatic carbocycles. The van der Waals surface area contributed by atoms with Crippen molar-refractivity contribution in [3.05, 3.63) is 0 Å². The van der Waals surface area contributed by atoms with Gasteiger partial charge >= 0.3 is 5.97 Å².